The van der Waals surface area contributed by atoms with Crippen LogP contribution in [0.25, 0.3) is 17.2 Å². The lowest BCUT2D eigenvalue weighted by Crippen LogP contribution is -2.48. The van der Waals surface area contributed by atoms with Crippen LogP contribution in [0.2, 0.25) is 0 Å². The van der Waals surface area contributed by atoms with Crippen molar-refractivity contribution in [2.24, 2.45) is 0 Å². The molecule has 2 unspecified atom stereocenters. The van der Waals surface area contributed by atoms with Crippen molar-refractivity contribution in [1.29, 1.82) is 0 Å². The Morgan fingerprint density at radius 3 is 2.97 bits per heavy atom. The van der Waals surface area contributed by atoms with Gasteiger partial charge in [-0.1, -0.05) is 5.16 Å². The van der Waals surface area contributed by atoms with Crippen LogP contribution in [0.4, 0.5) is 11.8 Å². The number of nitrogens with one attached hydrogen (secondary N) is 1. The molecule has 1 aliphatic rings. The zero-order valence-corrected chi connectivity index (χ0v) is 16.9. The van der Waals surface area contributed by atoms with Crippen LogP contribution in [0.3, 0.4) is 0 Å². The minimum absolute atomic E-state index is 0.138. The molecule has 0 radical (unpaired) electrons. The normalized spacial score (nSPS) is 17.6. The number of hydrogen-bond acceptors (Lipinski definition) is 9. The second-order valence-corrected chi connectivity index (χ2v) is 7.67. The second kappa shape index (κ2) is 7.45. The molecule has 1 saturated heterocycles. The molecule has 0 amide bonds. The Bertz CT molecular complexity index is 1140. The molecule has 4 aromatic rings. The highest BCUT2D eigenvalue weighted by molar-refractivity contribution is 5.59. The van der Waals surface area contributed by atoms with Crippen molar-refractivity contribution in [3.05, 3.63) is 42.0 Å². The van der Waals surface area contributed by atoms with Crippen LogP contribution in [-0.2, 0) is 6.42 Å². The Kier molecular flexibility index (Phi) is 4.62. The molecule has 1 fully saturated rings. The number of fused-ring (bicyclic) bond motifs is 1. The molecular formula is C20H24N8O2. The number of anilines is 2. The quantitative estimate of drug-likeness (QED) is 0.493. The number of nitrogen functional groups attached to an aromatic ring is 1. The molecule has 0 bridgehead atoms. The minimum atomic E-state index is 0.138. The zero-order chi connectivity index (χ0) is 20.7. The highest BCUT2D eigenvalue weighted by Gasteiger charge is 2.30. The number of rotatable bonds is 6. The highest BCUT2D eigenvalue weighted by atomic mass is 16.5. The first kappa shape index (κ1) is 18.6. The molecule has 5 heterocycles. The Hall–Kier alpha value is -3.40. The largest absolute Gasteiger partial charge is 0.461 e. The van der Waals surface area contributed by atoms with Gasteiger partial charge in [0.05, 0.1) is 18.0 Å². The van der Waals surface area contributed by atoms with Crippen LogP contribution in [0, 0.1) is 6.92 Å². The Balaban J connectivity index is 1.49. The fourth-order valence-electron chi connectivity index (χ4n) is 4.08. The number of hydrogen-bond donors (Lipinski definition) is 2. The van der Waals surface area contributed by atoms with Crippen molar-refractivity contribution in [2.75, 3.05) is 24.2 Å². The molecule has 10 nitrogen and oxygen atoms in total. The van der Waals surface area contributed by atoms with E-state index >= 15 is 0 Å². The predicted octanol–water partition coefficient (Wildman–Crippen LogP) is 2.06. The summed E-state index contributed by atoms with van der Waals surface area (Å²) in [5.41, 5.74) is 7.76. The van der Waals surface area contributed by atoms with Gasteiger partial charge in [-0.2, -0.15) is 9.50 Å². The van der Waals surface area contributed by atoms with E-state index in [1.807, 2.05) is 32.2 Å². The van der Waals surface area contributed by atoms with Crippen LogP contribution < -0.4 is 16.0 Å². The first-order chi connectivity index (χ1) is 14.6. The van der Waals surface area contributed by atoms with Crippen LogP contribution in [0.15, 0.2) is 39.5 Å². The van der Waals surface area contributed by atoms with Gasteiger partial charge in [0.15, 0.2) is 11.4 Å². The summed E-state index contributed by atoms with van der Waals surface area (Å²) in [5, 5.41) is 12.2. The van der Waals surface area contributed by atoms with E-state index in [-0.39, 0.29) is 12.0 Å². The molecule has 30 heavy (non-hydrogen) atoms. The molecule has 10 heteroatoms. The van der Waals surface area contributed by atoms with E-state index in [1.54, 1.807) is 12.3 Å². The van der Waals surface area contributed by atoms with Crippen molar-refractivity contribution in [3.63, 3.8) is 0 Å². The average molecular weight is 408 g/mol. The smallest absolute Gasteiger partial charge is 0.225 e. The third kappa shape index (κ3) is 3.39. The molecule has 0 aromatic carbocycles. The van der Waals surface area contributed by atoms with Crippen molar-refractivity contribution in [2.45, 2.75) is 38.3 Å². The fraction of sp³-hybridized carbons (Fsp3) is 0.400. The fourth-order valence-corrected chi connectivity index (χ4v) is 4.08. The number of nitrogens with two attached hydrogens (primary N) is 1. The Morgan fingerprint density at radius 1 is 1.37 bits per heavy atom. The van der Waals surface area contributed by atoms with E-state index in [2.05, 4.69) is 30.4 Å². The Morgan fingerprint density at radius 2 is 2.27 bits per heavy atom. The molecule has 156 valence electrons. The number of aromatic nitrogens is 5. The van der Waals surface area contributed by atoms with Crippen molar-refractivity contribution >= 4 is 17.4 Å². The summed E-state index contributed by atoms with van der Waals surface area (Å²) < 4.78 is 12.2. The minimum Gasteiger partial charge on any atom is -0.461 e. The van der Waals surface area contributed by atoms with Crippen LogP contribution >= 0.6 is 0 Å². The number of furan rings is 1. The van der Waals surface area contributed by atoms with Gasteiger partial charge in [-0.15, -0.1) is 5.10 Å². The summed E-state index contributed by atoms with van der Waals surface area (Å²) in [7, 11) is 2.03. The SMILES string of the molecule is Cc1cc(CC(C2CCCN2)N(C)c2cc3nc(-c4ccco4)nn3c(N)n2)no1. The van der Waals surface area contributed by atoms with E-state index in [4.69, 9.17) is 14.7 Å². The van der Waals surface area contributed by atoms with Crippen LogP contribution in [0.5, 0.6) is 0 Å². The van der Waals surface area contributed by atoms with Gasteiger partial charge in [0.2, 0.25) is 11.8 Å². The van der Waals surface area contributed by atoms with Gasteiger partial charge in [0.25, 0.3) is 0 Å². The average Bonchev–Trinajstić information content (AvgIpc) is 3.52. The third-order valence-corrected chi connectivity index (χ3v) is 5.59. The van der Waals surface area contributed by atoms with Crippen molar-refractivity contribution < 1.29 is 8.94 Å². The van der Waals surface area contributed by atoms with Gasteiger partial charge in [-0.25, -0.2) is 4.98 Å². The topological polar surface area (TPSA) is 124 Å². The second-order valence-electron chi connectivity index (χ2n) is 7.67. The first-order valence-corrected chi connectivity index (χ1v) is 10.0. The van der Waals surface area contributed by atoms with E-state index in [0.29, 0.717) is 23.3 Å². The Labute approximate surface area is 173 Å². The van der Waals surface area contributed by atoms with Gasteiger partial charge in [-0.05, 0) is 38.4 Å². The number of aryl methyl sites for hydroxylation is 1. The number of likely N-dealkylation sites (N-methyl/N-ethyl adjacent to an activating group) is 1. The van der Waals surface area contributed by atoms with Crippen LogP contribution in [0.1, 0.15) is 24.3 Å². The van der Waals surface area contributed by atoms with E-state index in [9.17, 15) is 0 Å². The van der Waals surface area contributed by atoms with Gasteiger partial charge in [0.1, 0.15) is 11.6 Å². The lowest BCUT2D eigenvalue weighted by atomic mass is 9.99. The number of nitrogens with zero attached hydrogens (tertiary/aromatic N) is 6. The third-order valence-electron chi connectivity index (χ3n) is 5.59. The highest BCUT2D eigenvalue weighted by Crippen LogP contribution is 2.25. The van der Waals surface area contributed by atoms with Crippen LogP contribution in [-0.4, -0.2) is 50.4 Å². The lowest BCUT2D eigenvalue weighted by Gasteiger charge is -2.33. The molecule has 0 saturated carbocycles. The van der Waals surface area contributed by atoms with Crippen molar-refractivity contribution in [3.8, 4) is 11.6 Å². The summed E-state index contributed by atoms with van der Waals surface area (Å²) in [6.45, 7) is 2.92. The van der Waals surface area contributed by atoms with Gasteiger partial charge >= 0.3 is 0 Å². The molecule has 4 aromatic heterocycles. The molecule has 0 spiro atoms. The first-order valence-electron chi connectivity index (χ1n) is 10.0. The lowest BCUT2D eigenvalue weighted by molar-refractivity contribution is 0.382. The summed E-state index contributed by atoms with van der Waals surface area (Å²) in [6, 6.07) is 7.95. The van der Waals surface area contributed by atoms with E-state index in [1.165, 1.54) is 4.52 Å². The summed E-state index contributed by atoms with van der Waals surface area (Å²) in [4.78, 5) is 11.3. The molecular weight excluding hydrogens is 384 g/mol. The van der Waals surface area contributed by atoms with Gasteiger partial charge in [-0.3, -0.25) is 0 Å². The van der Waals surface area contributed by atoms with Gasteiger partial charge < -0.3 is 24.9 Å². The maximum absolute atomic E-state index is 6.22. The van der Waals surface area contributed by atoms with E-state index < -0.39 is 0 Å². The maximum atomic E-state index is 6.22. The summed E-state index contributed by atoms with van der Waals surface area (Å²) >= 11 is 0. The molecule has 2 atom stereocenters. The molecule has 0 aliphatic carbocycles. The maximum Gasteiger partial charge on any atom is 0.225 e. The summed E-state index contributed by atoms with van der Waals surface area (Å²) in [5.74, 6) is 2.87. The predicted molar refractivity (Wildman–Crippen MR) is 111 cm³/mol. The molecule has 3 N–H and O–H groups in total. The monoisotopic (exact) mass is 408 g/mol. The molecule has 1 aliphatic heterocycles. The van der Waals surface area contributed by atoms with Gasteiger partial charge in [0, 0.05) is 31.6 Å². The summed E-state index contributed by atoms with van der Waals surface area (Å²) in [6.07, 6.45) is 4.57. The standard InChI is InChI=1S/C20H24N8O2/c1-12-9-13(26-30-12)10-15(14-5-3-7-22-14)27(2)17-11-18-23-19(16-6-4-8-29-16)25-28(18)20(21)24-17/h4,6,8-9,11,14-15,22H,3,5,7,10H2,1-2H3,(H2,21,24). The van der Waals surface area contributed by atoms with E-state index in [0.717, 1.165) is 43.1 Å². The van der Waals surface area contributed by atoms with Crippen molar-refractivity contribution in [1.82, 2.24) is 30.1 Å². The molecule has 5 rings (SSSR count). The zero-order valence-electron chi connectivity index (χ0n) is 16.9.